The highest BCUT2D eigenvalue weighted by Gasteiger charge is 2.11. The van der Waals surface area contributed by atoms with Gasteiger partial charge >= 0.3 is 0 Å². The van der Waals surface area contributed by atoms with E-state index in [2.05, 4.69) is 48.8 Å². The molecule has 0 atom stereocenters. The molecule has 0 radical (unpaired) electrons. The average molecular weight is 473 g/mol. The summed E-state index contributed by atoms with van der Waals surface area (Å²) in [5, 5.41) is 3.97. The summed E-state index contributed by atoms with van der Waals surface area (Å²) in [5.41, 5.74) is 2.41. The van der Waals surface area contributed by atoms with Crippen LogP contribution in [0.3, 0.4) is 0 Å². The predicted molar refractivity (Wildman–Crippen MR) is 99.2 cm³/mol. The highest BCUT2D eigenvalue weighted by atomic mass is 127. The van der Waals surface area contributed by atoms with Gasteiger partial charge in [0, 0.05) is 13.7 Å². The minimum absolute atomic E-state index is 0.110. The van der Waals surface area contributed by atoms with Crippen molar-refractivity contribution in [3.05, 3.63) is 55.0 Å². The van der Waals surface area contributed by atoms with Crippen LogP contribution in [0, 0.1) is 10.5 Å². The molecule has 0 aliphatic rings. The first kappa shape index (κ1) is 14.9. The van der Waals surface area contributed by atoms with E-state index in [4.69, 9.17) is 0 Å². The van der Waals surface area contributed by atoms with Crippen molar-refractivity contribution in [1.82, 2.24) is 4.98 Å². The van der Waals surface area contributed by atoms with Crippen LogP contribution in [-0.4, -0.2) is 10.9 Å². The summed E-state index contributed by atoms with van der Waals surface area (Å²) in [5.74, 6) is -0.110. The molecule has 3 rings (SSSR count). The van der Waals surface area contributed by atoms with Crippen molar-refractivity contribution in [3.63, 3.8) is 0 Å². The quantitative estimate of drug-likeness (QED) is 0.519. The first-order valence-electron chi connectivity index (χ1n) is 6.16. The smallest absolute Gasteiger partial charge is 0.256 e. The van der Waals surface area contributed by atoms with Gasteiger partial charge in [-0.25, -0.2) is 4.98 Å². The molecule has 0 unspecified atom stereocenters. The van der Waals surface area contributed by atoms with Crippen molar-refractivity contribution in [2.45, 2.75) is 6.92 Å². The van der Waals surface area contributed by atoms with Gasteiger partial charge < -0.3 is 5.32 Å². The highest BCUT2D eigenvalue weighted by molar-refractivity contribution is 14.1. The van der Waals surface area contributed by atoms with Gasteiger partial charge in [-0.3, -0.25) is 4.79 Å². The molecule has 0 aliphatic heterocycles. The van der Waals surface area contributed by atoms with Crippen LogP contribution in [0.15, 0.2) is 40.9 Å². The normalized spacial score (nSPS) is 10.8. The zero-order valence-electron chi connectivity index (χ0n) is 11.0. The summed E-state index contributed by atoms with van der Waals surface area (Å²) in [4.78, 5) is 16.8. The van der Waals surface area contributed by atoms with E-state index in [0.29, 0.717) is 5.56 Å². The van der Waals surface area contributed by atoms with Crippen LogP contribution in [0.1, 0.15) is 15.4 Å². The number of anilines is 1. The SMILES string of the molecule is Cc1nc2ccc(NC(=O)c3cc(Br)ccc3I)cc2s1. The number of aromatic nitrogens is 1. The average Bonchev–Trinajstić information content (AvgIpc) is 2.80. The number of aryl methyl sites for hydroxylation is 1. The summed E-state index contributed by atoms with van der Waals surface area (Å²) in [6, 6.07) is 11.4. The number of halogens is 2. The predicted octanol–water partition coefficient (Wildman–Crippen LogP) is 5.22. The van der Waals surface area contributed by atoms with Crippen LogP contribution >= 0.6 is 49.9 Å². The van der Waals surface area contributed by atoms with Crippen LogP contribution in [-0.2, 0) is 0 Å². The minimum Gasteiger partial charge on any atom is -0.322 e. The van der Waals surface area contributed by atoms with E-state index in [9.17, 15) is 4.79 Å². The van der Waals surface area contributed by atoms with Gasteiger partial charge in [-0.05, 0) is 65.9 Å². The van der Waals surface area contributed by atoms with Crippen molar-refractivity contribution in [2.75, 3.05) is 5.32 Å². The largest absolute Gasteiger partial charge is 0.322 e. The zero-order valence-corrected chi connectivity index (χ0v) is 15.5. The molecule has 3 aromatic rings. The number of carbonyl (C=O) groups excluding carboxylic acids is 1. The summed E-state index contributed by atoms with van der Waals surface area (Å²) >= 11 is 7.18. The number of nitrogens with one attached hydrogen (secondary N) is 1. The maximum atomic E-state index is 12.4. The van der Waals surface area contributed by atoms with Gasteiger partial charge in [0.05, 0.1) is 20.8 Å². The summed E-state index contributed by atoms with van der Waals surface area (Å²) in [7, 11) is 0. The van der Waals surface area contributed by atoms with Gasteiger partial charge in [0.15, 0.2) is 0 Å². The lowest BCUT2D eigenvalue weighted by molar-refractivity contribution is 0.102. The van der Waals surface area contributed by atoms with Gasteiger partial charge in [0.2, 0.25) is 0 Å². The molecule has 1 aromatic heterocycles. The number of nitrogens with zero attached hydrogens (tertiary/aromatic N) is 1. The van der Waals surface area contributed by atoms with Crippen LogP contribution < -0.4 is 5.32 Å². The van der Waals surface area contributed by atoms with Crippen LogP contribution in [0.5, 0.6) is 0 Å². The number of amides is 1. The monoisotopic (exact) mass is 472 g/mol. The number of benzene rings is 2. The lowest BCUT2D eigenvalue weighted by Crippen LogP contribution is -2.13. The highest BCUT2D eigenvalue weighted by Crippen LogP contribution is 2.25. The molecule has 0 bridgehead atoms. The standard InChI is InChI=1S/C15H10BrIN2OS/c1-8-18-13-5-3-10(7-14(13)21-8)19-15(20)11-6-9(16)2-4-12(11)17/h2-7H,1H3,(H,19,20). The second kappa shape index (κ2) is 6.02. The van der Waals surface area contributed by atoms with Crippen molar-refractivity contribution >= 4 is 71.7 Å². The molecule has 0 saturated carbocycles. The maximum absolute atomic E-state index is 12.4. The first-order valence-corrected chi connectivity index (χ1v) is 8.85. The molecule has 1 N–H and O–H groups in total. The summed E-state index contributed by atoms with van der Waals surface area (Å²) in [6.07, 6.45) is 0. The summed E-state index contributed by atoms with van der Waals surface area (Å²) in [6.45, 7) is 1.98. The zero-order chi connectivity index (χ0) is 15.0. The number of thiazole rings is 1. The van der Waals surface area contributed by atoms with Crippen molar-refractivity contribution in [1.29, 1.82) is 0 Å². The molecule has 0 fully saturated rings. The Morgan fingerprint density at radius 2 is 2.10 bits per heavy atom. The molecule has 21 heavy (non-hydrogen) atoms. The van der Waals surface area contributed by atoms with E-state index in [1.54, 1.807) is 11.3 Å². The van der Waals surface area contributed by atoms with Crippen molar-refractivity contribution in [3.8, 4) is 0 Å². The lowest BCUT2D eigenvalue weighted by atomic mass is 10.2. The Morgan fingerprint density at radius 1 is 1.29 bits per heavy atom. The molecule has 0 spiro atoms. The van der Waals surface area contributed by atoms with E-state index in [1.807, 2.05) is 43.3 Å². The van der Waals surface area contributed by atoms with Crippen molar-refractivity contribution < 1.29 is 4.79 Å². The van der Waals surface area contributed by atoms with Crippen LogP contribution in [0.25, 0.3) is 10.2 Å². The molecule has 3 nitrogen and oxygen atoms in total. The third-order valence-corrected chi connectivity index (χ3v) is 5.29. The van der Waals surface area contributed by atoms with Crippen LogP contribution in [0.2, 0.25) is 0 Å². The van der Waals surface area contributed by atoms with E-state index in [1.165, 1.54) is 0 Å². The van der Waals surface area contributed by atoms with E-state index in [0.717, 1.165) is 29.0 Å². The third-order valence-electron chi connectivity index (χ3n) is 2.93. The van der Waals surface area contributed by atoms with Crippen molar-refractivity contribution in [2.24, 2.45) is 0 Å². The third kappa shape index (κ3) is 3.27. The van der Waals surface area contributed by atoms with Gasteiger partial charge in [-0.2, -0.15) is 0 Å². The number of hydrogen-bond acceptors (Lipinski definition) is 3. The number of fused-ring (bicyclic) bond motifs is 1. The molecular weight excluding hydrogens is 463 g/mol. The second-order valence-corrected chi connectivity index (χ2v) is 7.81. The Morgan fingerprint density at radius 3 is 2.90 bits per heavy atom. The van der Waals surface area contributed by atoms with Gasteiger partial charge in [-0.15, -0.1) is 11.3 Å². The lowest BCUT2D eigenvalue weighted by Gasteiger charge is -2.07. The molecule has 0 aliphatic carbocycles. The van der Waals surface area contributed by atoms with E-state index < -0.39 is 0 Å². The fourth-order valence-corrected chi connectivity index (χ4v) is 3.80. The Hall–Kier alpha value is -0.990. The fourth-order valence-electron chi connectivity index (χ4n) is 1.99. The summed E-state index contributed by atoms with van der Waals surface area (Å²) < 4.78 is 2.89. The van der Waals surface area contributed by atoms with Gasteiger partial charge in [0.25, 0.3) is 5.91 Å². The molecule has 6 heteroatoms. The Labute approximate surface area is 148 Å². The van der Waals surface area contributed by atoms with E-state index in [-0.39, 0.29) is 5.91 Å². The minimum atomic E-state index is -0.110. The second-order valence-electron chi connectivity index (χ2n) is 4.49. The maximum Gasteiger partial charge on any atom is 0.256 e. The van der Waals surface area contributed by atoms with E-state index >= 15 is 0 Å². The number of hydrogen-bond donors (Lipinski definition) is 1. The Bertz CT molecular complexity index is 847. The first-order chi connectivity index (χ1) is 10.0. The fraction of sp³-hybridized carbons (Fsp3) is 0.0667. The molecule has 1 heterocycles. The molecule has 0 saturated heterocycles. The molecule has 106 valence electrons. The molecular formula is C15H10BrIN2OS. The van der Waals surface area contributed by atoms with Crippen LogP contribution in [0.4, 0.5) is 5.69 Å². The topological polar surface area (TPSA) is 42.0 Å². The number of rotatable bonds is 2. The molecule has 2 aromatic carbocycles. The van der Waals surface area contributed by atoms with Gasteiger partial charge in [-0.1, -0.05) is 15.9 Å². The Kier molecular flexibility index (Phi) is 4.28. The Balaban J connectivity index is 1.90. The van der Waals surface area contributed by atoms with Gasteiger partial charge in [0.1, 0.15) is 0 Å². The number of carbonyl (C=O) groups is 1. The molecule has 1 amide bonds.